The number of nitrogens with one attached hydrogen (secondary N) is 1. The molecular weight excluding hydrogens is 353 g/mol. The number of alkyl halides is 3. The van der Waals surface area contributed by atoms with Crippen LogP contribution in [-0.2, 0) is 11.0 Å². The molecule has 2 aromatic carbocycles. The lowest BCUT2D eigenvalue weighted by Gasteiger charge is -2.22. The third kappa shape index (κ3) is 4.50. The van der Waals surface area contributed by atoms with Crippen molar-refractivity contribution >= 4 is 5.91 Å². The first kappa shape index (κ1) is 19.4. The number of hydrogen-bond donors (Lipinski definition) is 1. The molecule has 1 aliphatic rings. The molecule has 0 aromatic heterocycles. The molecule has 3 atom stereocenters. The van der Waals surface area contributed by atoms with Gasteiger partial charge in [0.25, 0.3) is 0 Å². The molecule has 1 saturated heterocycles. The summed E-state index contributed by atoms with van der Waals surface area (Å²) in [6.07, 6.45) is -4.35. The molecule has 1 N–H and O–H groups in total. The smallest absolute Gasteiger partial charge is 0.349 e. The molecule has 1 fully saturated rings. The summed E-state index contributed by atoms with van der Waals surface area (Å²) in [5.41, 5.74) is 1.11. The maximum atomic E-state index is 12.9. The Bertz CT molecular complexity index is 774. The Morgan fingerprint density at radius 2 is 1.70 bits per heavy atom. The number of carbonyl (C=O) groups excluding carboxylic acids is 1. The van der Waals surface area contributed by atoms with Crippen molar-refractivity contribution in [3.63, 3.8) is 0 Å². The van der Waals surface area contributed by atoms with Crippen LogP contribution in [0.2, 0.25) is 0 Å². The van der Waals surface area contributed by atoms with Crippen molar-refractivity contribution in [1.82, 2.24) is 10.2 Å². The summed E-state index contributed by atoms with van der Waals surface area (Å²) in [6, 6.07) is 14.7. The number of amides is 1. The summed E-state index contributed by atoms with van der Waals surface area (Å²) in [6.45, 7) is 3.15. The average molecular weight is 376 g/mol. The van der Waals surface area contributed by atoms with E-state index in [0.29, 0.717) is 13.1 Å². The number of nitrogens with zero attached hydrogens (tertiary/aromatic N) is 1. The van der Waals surface area contributed by atoms with E-state index in [9.17, 15) is 18.0 Å². The van der Waals surface area contributed by atoms with Gasteiger partial charge in [0.05, 0.1) is 17.5 Å². The Labute approximate surface area is 157 Å². The summed E-state index contributed by atoms with van der Waals surface area (Å²) in [7, 11) is 1.92. The summed E-state index contributed by atoms with van der Waals surface area (Å²) < 4.78 is 38.4. The molecule has 1 amide bonds. The third-order valence-electron chi connectivity index (χ3n) is 5.16. The Kier molecular flexibility index (Phi) is 5.56. The fourth-order valence-corrected chi connectivity index (χ4v) is 3.67. The van der Waals surface area contributed by atoms with Crippen molar-refractivity contribution in [1.29, 1.82) is 0 Å². The van der Waals surface area contributed by atoms with E-state index in [-0.39, 0.29) is 23.8 Å². The summed E-state index contributed by atoms with van der Waals surface area (Å²) in [4.78, 5) is 14.9. The lowest BCUT2D eigenvalue weighted by molar-refractivity contribution is -0.137. The lowest BCUT2D eigenvalue weighted by atomic mass is 9.87. The number of hydrogen-bond acceptors (Lipinski definition) is 2. The maximum Gasteiger partial charge on any atom is 0.416 e. The Morgan fingerprint density at radius 3 is 2.30 bits per heavy atom. The van der Waals surface area contributed by atoms with Gasteiger partial charge in [0, 0.05) is 19.0 Å². The van der Waals surface area contributed by atoms with Crippen molar-refractivity contribution < 1.29 is 18.0 Å². The van der Waals surface area contributed by atoms with Crippen LogP contribution < -0.4 is 5.32 Å². The van der Waals surface area contributed by atoms with Crippen molar-refractivity contribution in [2.45, 2.75) is 25.1 Å². The average Bonchev–Trinajstić information content (AvgIpc) is 3.04. The van der Waals surface area contributed by atoms with Crippen LogP contribution in [0.4, 0.5) is 13.2 Å². The van der Waals surface area contributed by atoms with Crippen LogP contribution in [0.15, 0.2) is 54.6 Å². The van der Waals surface area contributed by atoms with Gasteiger partial charge in [-0.1, -0.05) is 42.5 Å². The van der Waals surface area contributed by atoms with E-state index in [2.05, 4.69) is 5.32 Å². The van der Waals surface area contributed by atoms with Crippen molar-refractivity contribution in [2.24, 2.45) is 5.92 Å². The Hall–Kier alpha value is -2.34. The van der Waals surface area contributed by atoms with E-state index in [4.69, 9.17) is 0 Å². The maximum absolute atomic E-state index is 12.9. The molecule has 27 heavy (non-hydrogen) atoms. The molecule has 0 radical (unpaired) electrons. The first-order chi connectivity index (χ1) is 12.8. The number of halogens is 3. The Morgan fingerprint density at radius 1 is 1.07 bits per heavy atom. The minimum Gasteiger partial charge on any atom is -0.349 e. The van der Waals surface area contributed by atoms with E-state index in [1.807, 2.05) is 49.2 Å². The summed E-state index contributed by atoms with van der Waals surface area (Å²) in [5.74, 6) is -0.487. The molecule has 1 aliphatic heterocycles. The molecule has 0 spiro atoms. The fourth-order valence-electron chi connectivity index (χ4n) is 3.67. The van der Waals surface area contributed by atoms with Gasteiger partial charge in [0.15, 0.2) is 0 Å². The zero-order chi connectivity index (χ0) is 19.6. The minimum absolute atomic E-state index is 0.0689. The lowest BCUT2D eigenvalue weighted by Crippen LogP contribution is -2.36. The van der Waals surface area contributed by atoms with E-state index in [1.54, 1.807) is 0 Å². The highest BCUT2D eigenvalue weighted by molar-refractivity contribution is 5.81. The normalized spacial score (nSPS) is 21.8. The van der Waals surface area contributed by atoms with Gasteiger partial charge in [-0.2, -0.15) is 13.2 Å². The van der Waals surface area contributed by atoms with Crippen molar-refractivity contribution in [2.75, 3.05) is 20.1 Å². The van der Waals surface area contributed by atoms with Gasteiger partial charge in [-0.15, -0.1) is 0 Å². The molecule has 1 heterocycles. The van der Waals surface area contributed by atoms with Gasteiger partial charge in [0.1, 0.15) is 0 Å². The standard InChI is InChI=1S/C21H23F3N2O/c1-14(15-6-4-3-5-7-15)25-20(27)19-13-26(2)12-18(19)16-8-10-17(11-9-16)21(22,23)24/h3-11,14,18-19H,12-13H2,1-2H3,(H,25,27)/t14-,18-,19+/m0/s1. The molecule has 3 nitrogen and oxygen atoms in total. The predicted molar refractivity (Wildman–Crippen MR) is 98.2 cm³/mol. The number of carbonyl (C=O) groups is 1. The predicted octanol–water partition coefficient (Wildman–Crippen LogP) is 4.23. The fraction of sp³-hybridized carbons (Fsp3) is 0.381. The van der Waals surface area contributed by atoms with Gasteiger partial charge < -0.3 is 10.2 Å². The highest BCUT2D eigenvalue weighted by Gasteiger charge is 2.38. The first-order valence-electron chi connectivity index (χ1n) is 8.96. The van der Waals surface area contributed by atoms with Crippen LogP contribution in [0.25, 0.3) is 0 Å². The quantitative estimate of drug-likeness (QED) is 0.866. The van der Waals surface area contributed by atoms with Crippen LogP contribution >= 0.6 is 0 Å². The van der Waals surface area contributed by atoms with Crippen LogP contribution in [0.1, 0.15) is 35.6 Å². The molecule has 3 rings (SSSR count). The molecule has 0 saturated carbocycles. The van der Waals surface area contributed by atoms with E-state index in [0.717, 1.165) is 23.3 Å². The SMILES string of the molecule is C[C@H](NC(=O)[C@@H]1CN(C)C[C@H]1c1ccc(C(F)(F)F)cc1)c1ccccc1. The first-order valence-corrected chi connectivity index (χ1v) is 8.96. The number of likely N-dealkylation sites (tertiary alicyclic amines) is 1. The van der Waals surface area contributed by atoms with E-state index >= 15 is 0 Å². The van der Waals surface area contributed by atoms with Crippen LogP contribution in [0.3, 0.4) is 0 Å². The van der Waals surface area contributed by atoms with Crippen molar-refractivity contribution in [3.05, 3.63) is 71.3 Å². The third-order valence-corrected chi connectivity index (χ3v) is 5.16. The van der Waals surface area contributed by atoms with Gasteiger partial charge in [-0.3, -0.25) is 4.79 Å². The second kappa shape index (κ2) is 7.72. The van der Waals surface area contributed by atoms with Crippen molar-refractivity contribution in [3.8, 4) is 0 Å². The second-order valence-electron chi connectivity index (χ2n) is 7.19. The van der Waals surface area contributed by atoms with Gasteiger partial charge >= 0.3 is 6.18 Å². The number of rotatable bonds is 4. The molecule has 2 aromatic rings. The minimum atomic E-state index is -4.35. The van der Waals surface area contributed by atoms with E-state index in [1.165, 1.54) is 12.1 Å². The monoisotopic (exact) mass is 376 g/mol. The highest BCUT2D eigenvalue weighted by atomic mass is 19.4. The highest BCUT2D eigenvalue weighted by Crippen LogP contribution is 2.35. The number of likely N-dealkylation sites (N-methyl/N-ethyl adjacent to an activating group) is 1. The van der Waals surface area contributed by atoms with Crippen LogP contribution in [0.5, 0.6) is 0 Å². The molecule has 144 valence electrons. The molecule has 6 heteroatoms. The summed E-state index contributed by atoms with van der Waals surface area (Å²) in [5, 5.41) is 3.05. The van der Waals surface area contributed by atoms with Crippen LogP contribution in [0, 0.1) is 5.92 Å². The molecule has 0 aliphatic carbocycles. The van der Waals surface area contributed by atoms with Gasteiger partial charge in [-0.05, 0) is 37.2 Å². The largest absolute Gasteiger partial charge is 0.416 e. The topological polar surface area (TPSA) is 32.3 Å². The van der Waals surface area contributed by atoms with Gasteiger partial charge in [0.2, 0.25) is 5.91 Å². The zero-order valence-electron chi connectivity index (χ0n) is 15.3. The zero-order valence-corrected chi connectivity index (χ0v) is 15.3. The van der Waals surface area contributed by atoms with Crippen LogP contribution in [-0.4, -0.2) is 30.9 Å². The molecular formula is C21H23F3N2O. The summed E-state index contributed by atoms with van der Waals surface area (Å²) >= 11 is 0. The molecule has 0 bridgehead atoms. The second-order valence-corrected chi connectivity index (χ2v) is 7.19. The number of benzene rings is 2. The van der Waals surface area contributed by atoms with E-state index < -0.39 is 11.7 Å². The van der Waals surface area contributed by atoms with Gasteiger partial charge in [-0.25, -0.2) is 0 Å². The molecule has 0 unspecified atom stereocenters. The Balaban J connectivity index is 1.74.